The number of carbonyl (C=O) groups is 4. The van der Waals surface area contributed by atoms with Crippen molar-refractivity contribution in [2.24, 2.45) is 0 Å². The summed E-state index contributed by atoms with van der Waals surface area (Å²) in [6.45, 7) is 4.43. The van der Waals surface area contributed by atoms with Crippen molar-refractivity contribution in [3.8, 4) is 33.6 Å². The summed E-state index contributed by atoms with van der Waals surface area (Å²) in [6.07, 6.45) is 4.16. The van der Waals surface area contributed by atoms with Gasteiger partial charge in [-0.1, -0.05) is 24.3 Å². The van der Waals surface area contributed by atoms with Gasteiger partial charge in [-0.15, -0.1) is 0 Å². The third-order valence-corrected chi connectivity index (χ3v) is 11.3. The molecule has 6 atom stereocenters. The lowest BCUT2D eigenvalue weighted by atomic mass is 10.0. The average molecular weight is 769 g/mol. The van der Waals surface area contributed by atoms with Gasteiger partial charge in [-0.05, 0) is 91.5 Å². The highest BCUT2D eigenvalue weighted by Gasteiger charge is 2.40. The van der Waals surface area contributed by atoms with Crippen LogP contribution in [0.4, 0.5) is 9.59 Å². The van der Waals surface area contributed by atoms with Crippen molar-refractivity contribution in [2.75, 3.05) is 34.4 Å². The van der Waals surface area contributed by atoms with E-state index in [0.717, 1.165) is 53.8 Å². The molecule has 4 aromatic rings. The van der Waals surface area contributed by atoms with Gasteiger partial charge >= 0.3 is 12.2 Å². The van der Waals surface area contributed by atoms with Gasteiger partial charge < -0.3 is 49.7 Å². The number of hydrogen-bond donors (Lipinski definition) is 5. The van der Waals surface area contributed by atoms with Gasteiger partial charge in [-0.2, -0.15) is 0 Å². The topological polar surface area (TPSA) is 204 Å². The number of carboxylic acid groups (broad SMARTS) is 1. The zero-order valence-corrected chi connectivity index (χ0v) is 32.1. The summed E-state index contributed by atoms with van der Waals surface area (Å²) in [6, 6.07) is 10.2. The van der Waals surface area contributed by atoms with Crippen molar-refractivity contribution in [2.45, 2.75) is 82.3 Å². The number of nitrogens with one attached hydrogen (secondary N) is 4. The first kappa shape index (κ1) is 38.5. The zero-order valence-electron chi connectivity index (χ0n) is 32.1. The molecule has 2 saturated heterocycles. The minimum absolute atomic E-state index is 0.252. The molecule has 7 rings (SSSR count). The number of nitrogens with zero attached hydrogens (tertiary/aromatic N) is 4. The Kier molecular flexibility index (Phi) is 11.1. The van der Waals surface area contributed by atoms with Crippen LogP contribution in [0.3, 0.4) is 0 Å². The summed E-state index contributed by atoms with van der Waals surface area (Å²) in [5.41, 5.74) is 8.34. The predicted molar refractivity (Wildman–Crippen MR) is 204 cm³/mol. The Bertz CT molecular complexity index is 2110. The number of methoxy groups -OCH3 is 3. The average Bonchev–Trinajstić information content (AvgIpc) is 4.06. The number of hydrogen-bond acceptors (Lipinski definition) is 9. The van der Waals surface area contributed by atoms with Gasteiger partial charge in [0.05, 0.1) is 55.2 Å². The number of aromatic nitrogens is 4. The van der Waals surface area contributed by atoms with Crippen LogP contribution in [0.15, 0.2) is 48.8 Å². The van der Waals surface area contributed by atoms with Crippen molar-refractivity contribution in [1.82, 2.24) is 40.4 Å². The van der Waals surface area contributed by atoms with E-state index in [-0.39, 0.29) is 23.9 Å². The van der Waals surface area contributed by atoms with E-state index in [2.05, 4.69) is 62.0 Å². The second-order valence-electron chi connectivity index (χ2n) is 14.6. The zero-order chi connectivity index (χ0) is 39.7. The number of alkyl carbamates (subject to hydrolysis) is 1. The normalized spacial score (nSPS) is 19.5. The van der Waals surface area contributed by atoms with E-state index in [1.54, 1.807) is 36.0 Å². The third-order valence-electron chi connectivity index (χ3n) is 11.3. The molecule has 3 aliphatic rings. The van der Waals surface area contributed by atoms with E-state index in [9.17, 15) is 24.3 Å². The van der Waals surface area contributed by atoms with E-state index in [4.69, 9.17) is 19.2 Å². The van der Waals surface area contributed by atoms with Crippen LogP contribution in [0.25, 0.3) is 33.6 Å². The molecule has 0 radical (unpaired) electrons. The van der Waals surface area contributed by atoms with E-state index in [0.29, 0.717) is 31.2 Å². The number of likely N-dealkylation sites (tertiary alicyclic amines) is 2. The minimum Gasteiger partial charge on any atom is -0.465 e. The summed E-state index contributed by atoms with van der Waals surface area (Å²) >= 11 is 0. The molecule has 0 bridgehead atoms. The highest BCUT2D eigenvalue weighted by molar-refractivity contribution is 5.88. The van der Waals surface area contributed by atoms with Gasteiger partial charge in [0.25, 0.3) is 0 Å². The molecule has 4 amide bonds. The molecule has 4 heterocycles. The SMILES string of the molecule is COC(=O)N[C@H](C(=O)N1CCC[C@H]1c1ncc(-c2ccc3c(c2)Cc2cc(-c4cnc([C@@H]5CCCN5C(=O)[C@@H](NC(=O)O)[C@@H](C)OC)[nH]4)ccc2-3)[nH]1)[C@@H](C)OC. The number of aromatic amines is 2. The van der Waals surface area contributed by atoms with Gasteiger partial charge in [0, 0.05) is 27.3 Å². The van der Waals surface area contributed by atoms with Gasteiger partial charge in [0.1, 0.15) is 23.7 Å². The molecule has 16 nitrogen and oxygen atoms in total. The van der Waals surface area contributed by atoms with Crippen molar-refractivity contribution in [3.05, 3.63) is 71.6 Å². The van der Waals surface area contributed by atoms with Crippen LogP contribution < -0.4 is 10.6 Å². The molecule has 296 valence electrons. The van der Waals surface area contributed by atoms with Crippen LogP contribution in [0.1, 0.15) is 74.4 Å². The Morgan fingerprint density at radius 2 is 1.21 bits per heavy atom. The number of fused-ring (bicyclic) bond motifs is 3. The van der Waals surface area contributed by atoms with E-state index in [1.807, 2.05) is 0 Å². The monoisotopic (exact) mass is 768 g/mol. The first-order valence-corrected chi connectivity index (χ1v) is 18.9. The highest BCUT2D eigenvalue weighted by Crippen LogP contribution is 2.41. The molecular formula is C40H48N8O8. The molecule has 0 unspecified atom stereocenters. The van der Waals surface area contributed by atoms with Crippen molar-refractivity contribution >= 4 is 24.0 Å². The number of amides is 4. The van der Waals surface area contributed by atoms with Gasteiger partial charge in [-0.25, -0.2) is 19.6 Å². The molecule has 0 saturated carbocycles. The number of rotatable bonds is 12. The summed E-state index contributed by atoms with van der Waals surface area (Å²) < 4.78 is 15.5. The summed E-state index contributed by atoms with van der Waals surface area (Å²) in [5, 5.41) is 14.3. The quantitative estimate of drug-likeness (QED) is 0.117. The van der Waals surface area contributed by atoms with Crippen LogP contribution >= 0.6 is 0 Å². The maximum absolute atomic E-state index is 13.7. The minimum atomic E-state index is -1.28. The fourth-order valence-corrected chi connectivity index (χ4v) is 8.19. The fourth-order valence-electron chi connectivity index (χ4n) is 8.19. The van der Waals surface area contributed by atoms with Crippen LogP contribution in [0, 0.1) is 0 Å². The van der Waals surface area contributed by atoms with E-state index in [1.165, 1.54) is 38.0 Å². The molecule has 16 heteroatoms. The highest BCUT2D eigenvalue weighted by atomic mass is 16.5. The maximum atomic E-state index is 13.7. The Morgan fingerprint density at radius 1 is 0.750 bits per heavy atom. The molecule has 2 fully saturated rings. The number of carbonyl (C=O) groups excluding carboxylic acids is 3. The first-order chi connectivity index (χ1) is 27.0. The van der Waals surface area contributed by atoms with E-state index >= 15 is 0 Å². The van der Waals surface area contributed by atoms with Crippen LogP contribution in [0.2, 0.25) is 0 Å². The second-order valence-corrected chi connectivity index (χ2v) is 14.6. The molecular weight excluding hydrogens is 720 g/mol. The van der Waals surface area contributed by atoms with Crippen molar-refractivity contribution < 1.29 is 38.5 Å². The standard InChI is InChI=1S/C40H48N8O8/c1-21(54-3)33(45-39(51)52)37(49)47-14-6-8-31(47)35-41-19-29(43-35)23-10-12-27-25(16-23)18-26-17-24(11-13-28(26)27)30-20-42-36(44-30)32-9-7-15-48(32)38(50)34(22(2)55-4)46-40(53)56-5/h10-13,16-17,19-22,31-34,45H,6-9,14-15,18H2,1-5H3,(H,41,43)(H,42,44)(H,46,53)(H,51,52)/t21-,22-,31+,32+,33+,34+/m1/s1. The first-order valence-electron chi connectivity index (χ1n) is 18.9. The predicted octanol–water partition coefficient (Wildman–Crippen LogP) is 4.80. The Labute approximate surface area is 324 Å². The molecule has 1 aliphatic carbocycles. The van der Waals surface area contributed by atoms with Crippen molar-refractivity contribution in [3.63, 3.8) is 0 Å². The lowest BCUT2D eigenvalue weighted by molar-refractivity contribution is -0.138. The molecule has 0 spiro atoms. The number of benzene rings is 2. The molecule has 2 aromatic heterocycles. The summed E-state index contributed by atoms with van der Waals surface area (Å²) in [5.74, 6) is 0.754. The van der Waals surface area contributed by atoms with Crippen LogP contribution in [-0.4, -0.2) is 118 Å². The third kappa shape index (κ3) is 7.45. The molecule has 2 aromatic carbocycles. The van der Waals surface area contributed by atoms with Gasteiger partial charge in [-0.3, -0.25) is 9.59 Å². The molecule has 2 aliphatic heterocycles. The van der Waals surface area contributed by atoms with E-state index < -0.39 is 36.5 Å². The Hall–Kier alpha value is -5.74. The lowest BCUT2D eigenvalue weighted by Gasteiger charge is -2.30. The Morgan fingerprint density at radius 3 is 1.64 bits per heavy atom. The van der Waals surface area contributed by atoms with Gasteiger partial charge in [0.15, 0.2) is 0 Å². The van der Waals surface area contributed by atoms with Crippen molar-refractivity contribution in [1.29, 1.82) is 0 Å². The molecule has 5 N–H and O–H groups in total. The molecule has 56 heavy (non-hydrogen) atoms. The Balaban J connectivity index is 1.05. The number of ether oxygens (including phenoxy) is 3. The summed E-state index contributed by atoms with van der Waals surface area (Å²) in [4.78, 5) is 70.4. The summed E-state index contributed by atoms with van der Waals surface area (Å²) in [7, 11) is 4.20. The fraction of sp³-hybridized carbons (Fsp3) is 0.450. The number of imidazole rings is 2. The number of H-pyrrole nitrogens is 2. The van der Waals surface area contributed by atoms with Crippen LogP contribution in [0.5, 0.6) is 0 Å². The van der Waals surface area contributed by atoms with Crippen LogP contribution in [-0.2, 0) is 30.2 Å². The maximum Gasteiger partial charge on any atom is 0.407 e. The van der Waals surface area contributed by atoms with Gasteiger partial charge in [0.2, 0.25) is 11.8 Å². The largest absolute Gasteiger partial charge is 0.465 e. The smallest absolute Gasteiger partial charge is 0.407 e. The lowest BCUT2D eigenvalue weighted by Crippen LogP contribution is -2.54. The second kappa shape index (κ2) is 16.2.